The quantitative estimate of drug-likeness (QED) is 0.0221. The van der Waals surface area contributed by atoms with E-state index in [9.17, 15) is 40.5 Å². The summed E-state index contributed by atoms with van der Waals surface area (Å²) in [4.78, 5) is 13.1. The van der Waals surface area contributed by atoms with Crippen LogP contribution in [0, 0.1) is 0 Å². The second-order valence-corrected chi connectivity index (χ2v) is 17.2. The first-order valence-electron chi connectivity index (χ1n) is 24.2. The first-order valence-corrected chi connectivity index (χ1v) is 24.2. The molecule has 11 nitrogen and oxygen atoms in total. The fourth-order valence-corrected chi connectivity index (χ4v) is 7.66. The lowest BCUT2D eigenvalue weighted by Gasteiger charge is -2.40. The Morgan fingerprint density at radius 1 is 0.576 bits per heavy atom. The van der Waals surface area contributed by atoms with Crippen LogP contribution in [0.25, 0.3) is 0 Å². The molecular weight excluding hydrogens is 751 g/mol. The zero-order valence-corrected chi connectivity index (χ0v) is 37.5. The number of aliphatic hydroxyl groups excluding tert-OH is 7. The van der Waals surface area contributed by atoms with E-state index in [-0.39, 0.29) is 6.42 Å². The minimum Gasteiger partial charge on any atom is -0.394 e. The Labute approximate surface area is 359 Å². The van der Waals surface area contributed by atoms with E-state index in [1.807, 2.05) is 0 Å². The van der Waals surface area contributed by atoms with Gasteiger partial charge in [-0.1, -0.05) is 167 Å². The SMILES string of the molecule is CCCCCC/C=C\CCCCCCCCCCCC[C@@H](O)C(=O)N[C@@H](CO[C@@H]1O[C@H](CO)[C@@H](O)[C@H](O)[C@H]1O)[C@H](O)[C@H](O)CCCCCC/C=C\CCCCCCCC. The van der Waals surface area contributed by atoms with E-state index in [0.29, 0.717) is 19.3 Å². The molecule has 11 heteroatoms. The first-order chi connectivity index (χ1) is 28.7. The van der Waals surface area contributed by atoms with Crippen LogP contribution in [0.5, 0.6) is 0 Å². The Morgan fingerprint density at radius 2 is 0.983 bits per heavy atom. The molecular formula is C48H91NO10. The Bertz CT molecular complexity index is 1010. The number of hydrogen-bond acceptors (Lipinski definition) is 10. The summed E-state index contributed by atoms with van der Waals surface area (Å²) in [5.41, 5.74) is 0. The van der Waals surface area contributed by atoms with Crippen LogP contribution in [0.15, 0.2) is 24.3 Å². The number of unbranched alkanes of at least 4 members (excludes halogenated alkanes) is 24. The van der Waals surface area contributed by atoms with Gasteiger partial charge in [0.15, 0.2) is 6.29 Å². The van der Waals surface area contributed by atoms with Gasteiger partial charge in [0, 0.05) is 0 Å². The van der Waals surface area contributed by atoms with Gasteiger partial charge >= 0.3 is 0 Å². The topological polar surface area (TPSA) is 189 Å². The standard InChI is InChI=1S/C48H91NO10/c1-3-5-7-9-11-13-15-17-19-20-21-22-24-26-28-30-32-34-36-41(52)47(57)49-39(38-58-48-46(56)45(55)44(54)42(37-50)59-48)43(53)40(51)35-33-31-29-27-25-23-18-16-14-12-10-8-6-4-2/h13,15,18,23,39-46,48,50-56H,3-12,14,16-17,19-22,24-38H2,1-2H3,(H,49,57)/b15-13-,23-18-/t39-,40+,41+,42+,43-,44+,45-,46+,48+/m0/s1. The normalized spacial score (nSPS) is 21.9. The van der Waals surface area contributed by atoms with Crippen molar-refractivity contribution in [2.24, 2.45) is 0 Å². The van der Waals surface area contributed by atoms with E-state index >= 15 is 0 Å². The van der Waals surface area contributed by atoms with E-state index in [2.05, 4.69) is 43.5 Å². The van der Waals surface area contributed by atoms with Gasteiger partial charge in [-0.05, 0) is 64.2 Å². The molecule has 348 valence electrons. The third kappa shape index (κ3) is 28.0. The molecule has 0 unspecified atom stereocenters. The van der Waals surface area contributed by atoms with Crippen LogP contribution in [0.3, 0.4) is 0 Å². The number of rotatable bonds is 40. The number of carbonyl (C=O) groups excluding carboxylic acids is 1. The van der Waals surface area contributed by atoms with Gasteiger partial charge in [-0.3, -0.25) is 4.79 Å². The Hall–Kier alpha value is -1.41. The van der Waals surface area contributed by atoms with Crippen LogP contribution in [0.4, 0.5) is 0 Å². The second kappa shape index (κ2) is 38.3. The number of allylic oxidation sites excluding steroid dienone is 4. The summed E-state index contributed by atoms with van der Waals surface area (Å²) in [7, 11) is 0. The van der Waals surface area contributed by atoms with Crippen molar-refractivity contribution in [3.63, 3.8) is 0 Å². The summed E-state index contributed by atoms with van der Waals surface area (Å²) >= 11 is 0. The van der Waals surface area contributed by atoms with Crippen LogP contribution < -0.4 is 5.32 Å². The Balaban J connectivity index is 2.43. The van der Waals surface area contributed by atoms with Gasteiger partial charge in [-0.15, -0.1) is 0 Å². The molecule has 0 aliphatic carbocycles. The lowest BCUT2D eigenvalue weighted by molar-refractivity contribution is -0.303. The van der Waals surface area contributed by atoms with Crippen molar-refractivity contribution < 1.29 is 50.0 Å². The first kappa shape index (κ1) is 55.6. The average molecular weight is 842 g/mol. The molecule has 0 radical (unpaired) electrons. The minimum absolute atomic E-state index is 0.256. The molecule has 0 bridgehead atoms. The van der Waals surface area contributed by atoms with Gasteiger partial charge in [0.1, 0.15) is 36.6 Å². The van der Waals surface area contributed by atoms with E-state index < -0.39 is 74.2 Å². The van der Waals surface area contributed by atoms with Crippen LogP contribution in [-0.2, 0) is 14.3 Å². The molecule has 9 atom stereocenters. The molecule has 0 aromatic carbocycles. The maximum atomic E-state index is 13.1. The van der Waals surface area contributed by atoms with Crippen LogP contribution in [-0.4, -0.2) is 110 Å². The number of nitrogens with one attached hydrogen (secondary N) is 1. The van der Waals surface area contributed by atoms with Crippen LogP contribution >= 0.6 is 0 Å². The summed E-state index contributed by atoms with van der Waals surface area (Å²) in [5, 5.41) is 75.7. The van der Waals surface area contributed by atoms with Gasteiger partial charge in [-0.25, -0.2) is 0 Å². The molecule has 0 spiro atoms. The van der Waals surface area contributed by atoms with Crippen LogP contribution in [0.2, 0.25) is 0 Å². The monoisotopic (exact) mass is 842 g/mol. The molecule has 1 aliphatic heterocycles. The lowest BCUT2D eigenvalue weighted by atomic mass is 9.98. The number of carbonyl (C=O) groups is 1. The molecule has 8 N–H and O–H groups in total. The average Bonchev–Trinajstić information content (AvgIpc) is 3.23. The van der Waals surface area contributed by atoms with Gasteiger partial charge in [0.2, 0.25) is 5.91 Å². The van der Waals surface area contributed by atoms with Crippen LogP contribution in [0.1, 0.15) is 206 Å². The van der Waals surface area contributed by atoms with E-state index in [0.717, 1.165) is 51.4 Å². The predicted octanol–water partition coefficient (Wildman–Crippen LogP) is 8.23. The largest absolute Gasteiger partial charge is 0.394 e. The molecule has 0 aromatic heterocycles. The number of amides is 1. The van der Waals surface area contributed by atoms with E-state index in [1.165, 1.54) is 116 Å². The van der Waals surface area contributed by atoms with Crippen molar-refractivity contribution in [3.05, 3.63) is 24.3 Å². The highest BCUT2D eigenvalue weighted by molar-refractivity contribution is 5.80. The summed E-state index contributed by atoms with van der Waals surface area (Å²) in [6.07, 6.45) is 30.7. The van der Waals surface area contributed by atoms with Gasteiger partial charge in [0.25, 0.3) is 0 Å². The van der Waals surface area contributed by atoms with Crippen molar-refractivity contribution in [2.75, 3.05) is 13.2 Å². The molecule has 1 fully saturated rings. The van der Waals surface area contributed by atoms with E-state index in [1.54, 1.807) is 0 Å². The fourth-order valence-electron chi connectivity index (χ4n) is 7.66. The number of aliphatic hydroxyl groups is 7. The van der Waals surface area contributed by atoms with Gasteiger partial charge in [0.05, 0.1) is 25.4 Å². The number of ether oxygens (including phenoxy) is 2. The third-order valence-corrected chi connectivity index (χ3v) is 11.7. The lowest BCUT2D eigenvalue weighted by Crippen LogP contribution is -2.60. The van der Waals surface area contributed by atoms with Crippen molar-refractivity contribution in [2.45, 2.75) is 262 Å². The highest BCUT2D eigenvalue weighted by Gasteiger charge is 2.44. The molecule has 0 aromatic rings. The van der Waals surface area contributed by atoms with Crippen molar-refractivity contribution in [1.29, 1.82) is 0 Å². The summed E-state index contributed by atoms with van der Waals surface area (Å²) in [6, 6.07) is -1.17. The van der Waals surface area contributed by atoms with Gasteiger partial charge < -0.3 is 50.5 Å². The Morgan fingerprint density at radius 3 is 1.44 bits per heavy atom. The maximum absolute atomic E-state index is 13.1. The highest BCUT2D eigenvalue weighted by atomic mass is 16.7. The molecule has 1 rings (SSSR count). The zero-order chi connectivity index (χ0) is 43.4. The summed E-state index contributed by atoms with van der Waals surface area (Å²) in [6.45, 7) is 3.41. The second-order valence-electron chi connectivity index (χ2n) is 17.2. The number of hydrogen-bond donors (Lipinski definition) is 8. The van der Waals surface area contributed by atoms with E-state index in [4.69, 9.17) is 9.47 Å². The predicted molar refractivity (Wildman–Crippen MR) is 238 cm³/mol. The summed E-state index contributed by atoms with van der Waals surface area (Å²) < 4.78 is 11.1. The van der Waals surface area contributed by atoms with Crippen molar-refractivity contribution >= 4 is 5.91 Å². The molecule has 0 saturated carbocycles. The smallest absolute Gasteiger partial charge is 0.249 e. The van der Waals surface area contributed by atoms with Crippen molar-refractivity contribution in [1.82, 2.24) is 5.32 Å². The maximum Gasteiger partial charge on any atom is 0.249 e. The molecule has 1 heterocycles. The summed E-state index contributed by atoms with van der Waals surface area (Å²) in [5.74, 6) is -0.703. The zero-order valence-electron chi connectivity index (χ0n) is 37.5. The molecule has 59 heavy (non-hydrogen) atoms. The molecule has 1 saturated heterocycles. The third-order valence-electron chi connectivity index (χ3n) is 11.7. The minimum atomic E-state index is -1.66. The van der Waals surface area contributed by atoms with Gasteiger partial charge in [-0.2, -0.15) is 0 Å². The molecule has 1 amide bonds. The molecule has 1 aliphatic rings. The fraction of sp³-hybridized carbons (Fsp3) is 0.896. The Kier molecular flexibility index (Phi) is 36.1. The highest BCUT2D eigenvalue weighted by Crippen LogP contribution is 2.23. The van der Waals surface area contributed by atoms with Crippen molar-refractivity contribution in [3.8, 4) is 0 Å².